The number of hydrogen-bond acceptors (Lipinski definition) is 1. The van der Waals surface area contributed by atoms with Gasteiger partial charge < -0.3 is 4.74 Å². The minimum absolute atomic E-state index is 0.532. The molecule has 0 bridgehead atoms. The predicted molar refractivity (Wildman–Crippen MR) is 55.8 cm³/mol. The average molecular weight is 259 g/mol. The normalized spacial score (nSPS) is 13.8. The molecule has 0 aliphatic carbocycles. The van der Waals surface area contributed by atoms with Crippen molar-refractivity contribution in [2.24, 2.45) is 0 Å². The van der Waals surface area contributed by atoms with Crippen LogP contribution < -0.4 is 4.74 Å². The maximum Gasteiger partial charge on any atom is 0.241 e. The van der Waals surface area contributed by atoms with Crippen molar-refractivity contribution in [1.82, 2.24) is 0 Å². The first-order valence-electron chi connectivity index (χ1n) is 3.34. The fourth-order valence-electron chi connectivity index (χ4n) is 0.636. The van der Waals surface area contributed by atoms with E-state index in [4.69, 9.17) is 51.1 Å². The summed E-state index contributed by atoms with van der Waals surface area (Å²) < 4.78 is 3.49. The summed E-state index contributed by atoms with van der Waals surface area (Å²) in [7, 11) is 0. The van der Waals surface area contributed by atoms with Crippen LogP contribution in [0.3, 0.4) is 0 Å². The third-order valence-electron chi connectivity index (χ3n) is 1.18. The highest BCUT2D eigenvalue weighted by molar-refractivity contribution is 6.70. The van der Waals surface area contributed by atoms with Crippen LogP contribution in [0.1, 0.15) is 0 Å². The van der Waals surface area contributed by atoms with E-state index in [0.717, 1.165) is 0 Å². The molecule has 0 aliphatic rings. The third kappa shape index (κ3) is 3.82. The van der Waals surface area contributed by atoms with Gasteiger partial charge in [0.25, 0.3) is 0 Å². The summed E-state index contributed by atoms with van der Waals surface area (Å²) in [6, 6.07) is 9.52. The maximum atomic E-state index is 5.66. The number of halogens is 4. The van der Waals surface area contributed by atoms with Crippen molar-refractivity contribution in [3.05, 3.63) is 30.3 Å². The van der Waals surface area contributed by atoms with Gasteiger partial charge in [-0.25, -0.2) is 0 Å². The number of alkyl halides is 4. The monoisotopic (exact) mass is 257 g/mol. The molecule has 0 saturated carbocycles. The molecular weight excluding hydrogens is 254 g/mol. The van der Waals surface area contributed by atoms with Gasteiger partial charge in [0.1, 0.15) is 5.75 Å². The number of ether oxygens (including phenoxy) is 1. The first kappa shape index (κ1) is 11.3. The van der Waals surface area contributed by atoms with E-state index in [1.165, 1.54) is 0 Å². The fraction of sp³-hybridized carbons (Fsp3) is 0.250. The summed E-state index contributed by atoms with van der Waals surface area (Å²) in [5.41, 5.74) is -1.01. The molecule has 1 atom stereocenters. The second kappa shape index (κ2) is 4.61. The van der Waals surface area contributed by atoms with E-state index < -0.39 is 9.36 Å². The summed E-state index contributed by atoms with van der Waals surface area (Å²) in [4.78, 5) is 0. The van der Waals surface area contributed by atoms with Gasteiger partial charge in [-0.15, -0.1) is 0 Å². The highest BCUT2D eigenvalue weighted by Crippen LogP contribution is 2.34. The van der Waals surface area contributed by atoms with Crippen molar-refractivity contribution < 1.29 is 4.74 Å². The van der Waals surface area contributed by atoms with Crippen molar-refractivity contribution in [3.63, 3.8) is 0 Å². The first-order chi connectivity index (χ1) is 6.00. The molecular formula is C8H5Cl4O. The smallest absolute Gasteiger partial charge is 0.241 e. The summed E-state index contributed by atoms with van der Waals surface area (Å²) in [6.07, 6.45) is 0. The summed E-state index contributed by atoms with van der Waals surface area (Å²) in [5, 5.41) is 0. The van der Waals surface area contributed by atoms with Crippen LogP contribution in [0.15, 0.2) is 24.3 Å². The summed E-state index contributed by atoms with van der Waals surface area (Å²) in [5.74, 6) is 0.532. The lowest BCUT2D eigenvalue weighted by Crippen LogP contribution is -2.25. The molecule has 0 fully saturated rings. The molecule has 0 amide bonds. The van der Waals surface area contributed by atoms with Gasteiger partial charge in [-0.1, -0.05) is 58.5 Å². The zero-order chi connectivity index (χ0) is 9.90. The van der Waals surface area contributed by atoms with Crippen LogP contribution in [0.5, 0.6) is 5.75 Å². The van der Waals surface area contributed by atoms with Gasteiger partial charge in [0.2, 0.25) is 9.36 Å². The molecule has 0 N–H and O–H groups in total. The quantitative estimate of drug-likeness (QED) is 0.734. The minimum Gasteiger partial charge on any atom is -0.470 e. The van der Waals surface area contributed by atoms with Crippen molar-refractivity contribution in [1.29, 1.82) is 0 Å². The topological polar surface area (TPSA) is 9.23 Å². The lowest BCUT2D eigenvalue weighted by Gasteiger charge is -2.19. The van der Waals surface area contributed by atoms with Crippen LogP contribution in [0.2, 0.25) is 0 Å². The van der Waals surface area contributed by atoms with Gasteiger partial charge in [-0.2, -0.15) is 0 Å². The lowest BCUT2D eigenvalue weighted by molar-refractivity contribution is 0.286. The van der Waals surface area contributed by atoms with Gasteiger partial charge in [0.15, 0.2) is 0 Å². The molecule has 0 saturated heterocycles. The van der Waals surface area contributed by atoms with Gasteiger partial charge in [0.05, 0.1) is 0 Å². The molecule has 71 valence electrons. The van der Waals surface area contributed by atoms with Crippen LogP contribution in [0, 0.1) is 6.07 Å². The highest BCUT2D eigenvalue weighted by Gasteiger charge is 2.32. The minimum atomic E-state index is -1.64. The standard InChI is InChI=1S/C8H5Cl4O/c9-7(8(10,11)12)13-6-4-2-1-3-5-6/h2-5,7H. The van der Waals surface area contributed by atoms with Crippen LogP contribution in [0.4, 0.5) is 0 Å². The number of hydrogen-bond donors (Lipinski definition) is 0. The largest absolute Gasteiger partial charge is 0.470 e. The summed E-state index contributed by atoms with van der Waals surface area (Å²) >= 11 is 22.2. The summed E-state index contributed by atoms with van der Waals surface area (Å²) in [6.45, 7) is 0. The first-order valence-corrected chi connectivity index (χ1v) is 4.91. The van der Waals surface area contributed by atoms with Crippen molar-refractivity contribution in [3.8, 4) is 5.75 Å². The predicted octanol–water partition coefficient (Wildman–Crippen LogP) is 3.80. The molecule has 1 nitrogen and oxygen atoms in total. The van der Waals surface area contributed by atoms with E-state index in [2.05, 4.69) is 6.07 Å². The Morgan fingerprint density at radius 1 is 1.23 bits per heavy atom. The second-order valence-corrected chi connectivity index (χ2v) is 4.98. The lowest BCUT2D eigenvalue weighted by atomic mass is 10.3. The van der Waals surface area contributed by atoms with Gasteiger partial charge in [0, 0.05) is 0 Å². The molecule has 1 radical (unpaired) electrons. The Kier molecular flexibility index (Phi) is 3.99. The van der Waals surface area contributed by atoms with Crippen LogP contribution in [0.25, 0.3) is 0 Å². The van der Waals surface area contributed by atoms with Gasteiger partial charge in [-0.3, -0.25) is 0 Å². The van der Waals surface area contributed by atoms with Crippen molar-refractivity contribution in [2.75, 3.05) is 0 Å². The van der Waals surface area contributed by atoms with E-state index in [-0.39, 0.29) is 0 Å². The van der Waals surface area contributed by atoms with Gasteiger partial charge in [-0.05, 0) is 18.2 Å². The molecule has 1 rings (SSSR count). The van der Waals surface area contributed by atoms with Crippen LogP contribution in [-0.2, 0) is 0 Å². The Balaban J connectivity index is 2.61. The molecule has 1 unspecified atom stereocenters. The Morgan fingerprint density at radius 2 is 1.77 bits per heavy atom. The van der Waals surface area contributed by atoms with Crippen LogP contribution >= 0.6 is 46.4 Å². The number of rotatable bonds is 2. The average Bonchev–Trinajstić information content (AvgIpc) is 2.04. The van der Waals surface area contributed by atoms with Crippen molar-refractivity contribution in [2.45, 2.75) is 9.36 Å². The Bertz CT molecular complexity index is 257. The van der Waals surface area contributed by atoms with E-state index in [1.54, 1.807) is 24.3 Å². The molecule has 0 aliphatic heterocycles. The molecule has 1 aromatic carbocycles. The Hall–Kier alpha value is 0.180. The maximum absolute atomic E-state index is 5.66. The molecule has 0 heterocycles. The highest BCUT2D eigenvalue weighted by atomic mass is 35.6. The third-order valence-corrected chi connectivity index (χ3v) is 2.53. The molecule has 0 aromatic heterocycles. The number of benzene rings is 1. The molecule has 13 heavy (non-hydrogen) atoms. The molecule has 0 spiro atoms. The zero-order valence-corrected chi connectivity index (χ0v) is 9.33. The van der Waals surface area contributed by atoms with E-state index in [9.17, 15) is 0 Å². The zero-order valence-electron chi connectivity index (χ0n) is 6.31. The van der Waals surface area contributed by atoms with Crippen LogP contribution in [-0.4, -0.2) is 9.36 Å². The Morgan fingerprint density at radius 3 is 2.23 bits per heavy atom. The van der Waals surface area contributed by atoms with E-state index in [1.807, 2.05) is 0 Å². The van der Waals surface area contributed by atoms with E-state index in [0.29, 0.717) is 5.75 Å². The molecule has 5 heteroatoms. The van der Waals surface area contributed by atoms with E-state index >= 15 is 0 Å². The Labute approximate surface area is 96.5 Å². The van der Waals surface area contributed by atoms with Gasteiger partial charge >= 0.3 is 0 Å². The SMILES string of the molecule is ClC(Oc1cc[c]cc1)C(Cl)(Cl)Cl. The fourth-order valence-corrected chi connectivity index (χ4v) is 0.873. The van der Waals surface area contributed by atoms with Crippen molar-refractivity contribution >= 4 is 46.4 Å². The molecule has 1 aromatic rings. The second-order valence-electron chi connectivity index (χ2n) is 2.21.